The lowest BCUT2D eigenvalue weighted by Crippen LogP contribution is -2.55. The lowest BCUT2D eigenvalue weighted by molar-refractivity contribution is -0.233. The molecule has 6 heteroatoms. The summed E-state index contributed by atoms with van der Waals surface area (Å²) in [6, 6.07) is 0. The highest BCUT2D eigenvalue weighted by Crippen LogP contribution is 2.44. The third-order valence-electron chi connectivity index (χ3n) is 3.58. The van der Waals surface area contributed by atoms with Crippen LogP contribution in [0.1, 0.15) is 34.1 Å². The predicted molar refractivity (Wildman–Crippen MR) is 63.2 cm³/mol. The zero-order valence-electron chi connectivity index (χ0n) is 11.6. The van der Waals surface area contributed by atoms with Crippen LogP contribution in [0, 0.1) is 0 Å². The fraction of sp³-hybridized carbons (Fsp3) is 0.923. The van der Waals surface area contributed by atoms with Crippen molar-refractivity contribution in [3.05, 3.63) is 0 Å². The Hall–Kier alpha value is -0.530. The molecule has 0 bridgehead atoms. The third kappa shape index (κ3) is 2.32. The Morgan fingerprint density at radius 1 is 0.895 bits per heavy atom. The van der Waals surface area contributed by atoms with Crippen LogP contribution < -0.4 is 0 Å². The first kappa shape index (κ1) is 13.5. The number of hydrogen-bond acceptors (Lipinski definition) is 6. The van der Waals surface area contributed by atoms with E-state index in [9.17, 15) is 4.79 Å². The SMILES string of the molecule is CC1(C)OC2[C@@H](OC(CC=O)C3OC(C)(C)O[C@@H]32)O1. The Kier molecular flexibility index (Phi) is 3.00. The second-order valence-electron chi connectivity index (χ2n) is 6.11. The first-order valence-electron chi connectivity index (χ1n) is 6.62. The number of hydrogen-bond donors (Lipinski definition) is 0. The second-order valence-corrected chi connectivity index (χ2v) is 6.11. The van der Waals surface area contributed by atoms with Crippen LogP contribution in [0.25, 0.3) is 0 Å². The highest BCUT2D eigenvalue weighted by molar-refractivity contribution is 5.50. The van der Waals surface area contributed by atoms with Gasteiger partial charge < -0.3 is 28.5 Å². The lowest BCUT2D eigenvalue weighted by atomic mass is 9.97. The summed E-state index contributed by atoms with van der Waals surface area (Å²) < 4.78 is 29.1. The molecule has 0 radical (unpaired) electrons. The molecule has 0 aromatic carbocycles. The van der Waals surface area contributed by atoms with E-state index < -0.39 is 17.9 Å². The van der Waals surface area contributed by atoms with Crippen molar-refractivity contribution in [2.45, 2.75) is 76.4 Å². The van der Waals surface area contributed by atoms with Crippen LogP contribution in [0.3, 0.4) is 0 Å². The van der Waals surface area contributed by atoms with Crippen LogP contribution in [0.5, 0.6) is 0 Å². The predicted octanol–water partition coefficient (Wildman–Crippen LogP) is 0.972. The summed E-state index contributed by atoms with van der Waals surface area (Å²) in [6.07, 6.45) is -0.698. The zero-order chi connectivity index (χ0) is 13.8. The van der Waals surface area contributed by atoms with E-state index in [4.69, 9.17) is 23.7 Å². The maximum absolute atomic E-state index is 10.8. The minimum Gasteiger partial charge on any atom is -0.343 e. The largest absolute Gasteiger partial charge is 0.343 e. The molecule has 6 nitrogen and oxygen atoms in total. The Morgan fingerprint density at radius 2 is 1.47 bits per heavy atom. The fourth-order valence-electron chi connectivity index (χ4n) is 2.98. The van der Waals surface area contributed by atoms with E-state index in [1.54, 1.807) is 0 Å². The zero-order valence-corrected chi connectivity index (χ0v) is 11.6. The monoisotopic (exact) mass is 272 g/mol. The molecule has 0 aromatic heterocycles. The maximum atomic E-state index is 10.8. The molecular formula is C13H20O6. The molecule has 3 fully saturated rings. The molecule has 3 aliphatic rings. The number of fused-ring (bicyclic) bond motifs is 3. The highest BCUT2D eigenvalue weighted by Gasteiger charge is 2.60. The van der Waals surface area contributed by atoms with Crippen molar-refractivity contribution in [3.8, 4) is 0 Å². The number of carbonyl (C=O) groups is 1. The minimum atomic E-state index is -0.716. The number of rotatable bonds is 2. The molecule has 3 rings (SSSR count). The smallest absolute Gasteiger partial charge is 0.190 e. The van der Waals surface area contributed by atoms with Crippen LogP contribution in [0.4, 0.5) is 0 Å². The third-order valence-corrected chi connectivity index (χ3v) is 3.58. The number of ether oxygens (including phenoxy) is 5. The molecule has 3 aliphatic heterocycles. The summed E-state index contributed by atoms with van der Waals surface area (Å²) in [5.41, 5.74) is 0. The first-order chi connectivity index (χ1) is 8.81. The van der Waals surface area contributed by atoms with Crippen molar-refractivity contribution < 1.29 is 28.5 Å². The maximum Gasteiger partial charge on any atom is 0.190 e. The molecule has 3 unspecified atom stereocenters. The standard InChI is InChI=1S/C13H20O6/c1-12(2)16-8-7(5-6-14)15-11-10(9(8)17-12)18-13(3,4)19-11/h6-11H,5H2,1-4H3/t7?,8?,9-,10?,11-/m0/s1. The summed E-state index contributed by atoms with van der Waals surface area (Å²) >= 11 is 0. The van der Waals surface area contributed by atoms with Gasteiger partial charge in [0, 0.05) is 6.42 Å². The van der Waals surface area contributed by atoms with Gasteiger partial charge in [0.25, 0.3) is 0 Å². The molecule has 0 N–H and O–H groups in total. The van der Waals surface area contributed by atoms with Gasteiger partial charge in [-0.25, -0.2) is 0 Å². The van der Waals surface area contributed by atoms with Crippen LogP contribution in [0.15, 0.2) is 0 Å². The van der Waals surface area contributed by atoms with Gasteiger partial charge in [0.1, 0.15) is 24.6 Å². The Morgan fingerprint density at radius 3 is 2.16 bits per heavy atom. The van der Waals surface area contributed by atoms with E-state index in [2.05, 4.69) is 0 Å². The summed E-state index contributed by atoms with van der Waals surface area (Å²) in [4.78, 5) is 10.8. The van der Waals surface area contributed by atoms with E-state index >= 15 is 0 Å². The minimum absolute atomic E-state index is 0.258. The van der Waals surface area contributed by atoms with Crippen molar-refractivity contribution in [1.82, 2.24) is 0 Å². The molecule has 0 aromatic rings. The van der Waals surface area contributed by atoms with Crippen molar-refractivity contribution in [1.29, 1.82) is 0 Å². The Balaban J connectivity index is 1.86. The average molecular weight is 272 g/mol. The Labute approximate surface area is 112 Å². The number of carbonyl (C=O) groups excluding carboxylic acids is 1. The lowest BCUT2D eigenvalue weighted by Gasteiger charge is -2.36. The van der Waals surface area contributed by atoms with Gasteiger partial charge in [-0.15, -0.1) is 0 Å². The molecule has 0 spiro atoms. The van der Waals surface area contributed by atoms with Gasteiger partial charge in [-0.3, -0.25) is 0 Å². The van der Waals surface area contributed by atoms with Gasteiger partial charge in [0.2, 0.25) is 0 Å². The molecular weight excluding hydrogens is 252 g/mol. The first-order valence-corrected chi connectivity index (χ1v) is 6.62. The molecule has 0 saturated carbocycles. The fourth-order valence-corrected chi connectivity index (χ4v) is 2.98. The summed E-state index contributed by atoms with van der Waals surface area (Å²) in [6.45, 7) is 7.36. The number of aldehydes is 1. The van der Waals surface area contributed by atoms with Crippen molar-refractivity contribution in [2.75, 3.05) is 0 Å². The highest BCUT2D eigenvalue weighted by atomic mass is 16.9. The van der Waals surface area contributed by atoms with Gasteiger partial charge in [-0.2, -0.15) is 0 Å². The summed E-state index contributed by atoms with van der Waals surface area (Å²) in [5.74, 6) is -1.42. The Bertz CT molecular complexity index is 379. The van der Waals surface area contributed by atoms with Crippen molar-refractivity contribution in [2.24, 2.45) is 0 Å². The van der Waals surface area contributed by atoms with Crippen LogP contribution in [-0.4, -0.2) is 48.6 Å². The van der Waals surface area contributed by atoms with E-state index in [1.165, 1.54) is 0 Å². The van der Waals surface area contributed by atoms with Gasteiger partial charge in [-0.1, -0.05) is 0 Å². The quantitative estimate of drug-likeness (QED) is 0.698. The van der Waals surface area contributed by atoms with E-state index in [-0.39, 0.29) is 30.8 Å². The second kappa shape index (κ2) is 4.23. The topological polar surface area (TPSA) is 63.2 Å². The molecule has 19 heavy (non-hydrogen) atoms. The van der Waals surface area contributed by atoms with Crippen LogP contribution in [-0.2, 0) is 28.5 Å². The molecule has 5 atom stereocenters. The van der Waals surface area contributed by atoms with Crippen molar-refractivity contribution in [3.63, 3.8) is 0 Å². The van der Waals surface area contributed by atoms with Gasteiger partial charge in [-0.05, 0) is 27.7 Å². The van der Waals surface area contributed by atoms with E-state index in [1.807, 2.05) is 27.7 Å². The van der Waals surface area contributed by atoms with Gasteiger partial charge in [0.15, 0.2) is 17.9 Å². The van der Waals surface area contributed by atoms with Crippen LogP contribution in [0.2, 0.25) is 0 Å². The molecule has 3 saturated heterocycles. The molecule has 0 aliphatic carbocycles. The molecule has 0 amide bonds. The van der Waals surface area contributed by atoms with Gasteiger partial charge >= 0.3 is 0 Å². The van der Waals surface area contributed by atoms with E-state index in [0.717, 1.165) is 6.29 Å². The van der Waals surface area contributed by atoms with Crippen LogP contribution >= 0.6 is 0 Å². The van der Waals surface area contributed by atoms with Gasteiger partial charge in [0.05, 0.1) is 6.10 Å². The summed E-state index contributed by atoms with van der Waals surface area (Å²) in [7, 11) is 0. The average Bonchev–Trinajstić information content (AvgIpc) is 2.74. The normalized spacial score (nSPS) is 46.6. The molecule has 108 valence electrons. The van der Waals surface area contributed by atoms with E-state index in [0.29, 0.717) is 0 Å². The van der Waals surface area contributed by atoms with Crippen molar-refractivity contribution >= 4 is 6.29 Å². The molecule has 3 heterocycles. The summed E-state index contributed by atoms with van der Waals surface area (Å²) in [5, 5.41) is 0.